The van der Waals surface area contributed by atoms with E-state index in [1.807, 2.05) is 11.8 Å². The highest BCUT2D eigenvalue weighted by atomic mass is 32.2. The van der Waals surface area contributed by atoms with Crippen molar-refractivity contribution in [2.75, 3.05) is 16.7 Å². The molecule has 7 heteroatoms. The van der Waals surface area contributed by atoms with Gasteiger partial charge in [-0.3, -0.25) is 9.52 Å². The summed E-state index contributed by atoms with van der Waals surface area (Å²) in [5, 5.41) is 0. The number of methoxy groups -OCH3 is 1. The first-order chi connectivity index (χ1) is 12.9. The molecule has 1 saturated carbocycles. The lowest BCUT2D eigenvalue weighted by molar-refractivity contribution is -0.120. The van der Waals surface area contributed by atoms with Crippen molar-refractivity contribution in [3.8, 4) is 5.75 Å². The molecule has 2 aliphatic rings. The summed E-state index contributed by atoms with van der Waals surface area (Å²) in [5.41, 5.74) is 2.17. The lowest BCUT2D eigenvalue weighted by atomic mass is 10.1. The number of ether oxygens (including phenoxy) is 1. The Balaban J connectivity index is 1.61. The molecule has 1 fully saturated rings. The zero-order chi connectivity index (χ0) is 19.2. The standard InChI is InChI=1S/C20H22N2O4S/c1-13-10-15-11-18(8-9-19(15)22(13)20(23)14-6-7-14)27(24,25)21-16-4-3-5-17(12-16)26-2/h3-5,8-9,11-14,21H,6-7,10H2,1-2H3. The Bertz CT molecular complexity index is 999. The van der Waals surface area contributed by atoms with Crippen LogP contribution < -0.4 is 14.4 Å². The van der Waals surface area contributed by atoms with E-state index in [1.165, 1.54) is 7.11 Å². The van der Waals surface area contributed by atoms with Gasteiger partial charge in [0, 0.05) is 23.7 Å². The van der Waals surface area contributed by atoms with Gasteiger partial charge in [0.25, 0.3) is 10.0 Å². The largest absolute Gasteiger partial charge is 0.497 e. The maximum absolute atomic E-state index is 12.8. The van der Waals surface area contributed by atoms with E-state index in [2.05, 4.69) is 4.72 Å². The molecule has 142 valence electrons. The number of benzene rings is 2. The molecule has 27 heavy (non-hydrogen) atoms. The van der Waals surface area contributed by atoms with Crippen LogP contribution in [0.25, 0.3) is 0 Å². The molecule has 1 aliphatic heterocycles. The summed E-state index contributed by atoms with van der Waals surface area (Å²) < 4.78 is 33.3. The first kappa shape index (κ1) is 17.9. The van der Waals surface area contributed by atoms with Gasteiger partial charge < -0.3 is 9.64 Å². The molecule has 2 aromatic rings. The third kappa shape index (κ3) is 3.39. The van der Waals surface area contributed by atoms with E-state index in [9.17, 15) is 13.2 Å². The molecule has 1 N–H and O–H groups in total. The highest BCUT2D eigenvalue weighted by Gasteiger charge is 2.39. The fourth-order valence-corrected chi connectivity index (χ4v) is 4.64. The minimum absolute atomic E-state index is 0.0531. The summed E-state index contributed by atoms with van der Waals surface area (Å²) in [4.78, 5) is 14.6. The predicted octanol–water partition coefficient (Wildman–Crippen LogP) is 3.18. The second-order valence-electron chi connectivity index (χ2n) is 7.16. The minimum atomic E-state index is -3.73. The van der Waals surface area contributed by atoms with E-state index >= 15 is 0 Å². The molecule has 1 aliphatic carbocycles. The predicted molar refractivity (Wildman–Crippen MR) is 104 cm³/mol. The van der Waals surface area contributed by atoms with E-state index in [1.54, 1.807) is 42.5 Å². The first-order valence-corrected chi connectivity index (χ1v) is 10.5. The lowest BCUT2D eigenvalue weighted by Gasteiger charge is -2.22. The van der Waals surface area contributed by atoms with Gasteiger partial charge in [0.1, 0.15) is 5.75 Å². The van der Waals surface area contributed by atoms with Crippen LogP contribution in [-0.2, 0) is 21.2 Å². The number of rotatable bonds is 5. The van der Waals surface area contributed by atoms with Crippen molar-refractivity contribution in [1.29, 1.82) is 0 Å². The van der Waals surface area contributed by atoms with Crippen LogP contribution in [0, 0.1) is 5.92 Å². The number of nitrogens with one attached hydrogen (secondary N) is 1. The van der Waals surface area contributed by atoms with Gasteiger partial charge in [-0.05, 0) is 62.1 Å². The van der Waals surface area contributed by atoms with Gasteiger partial charge >= 0.3 is 0 Å². The van der Waals surface area contributed by atoms with Crippen molar-refractivity contribution in [3.63, 3.8) is 0 Å². The van der Waals surface area contributed by atoms with Crippen LogP contribution in [0.15, 0.2) is 47.4 Å². The third-order valence-electron chi connectivity index (χ3n) is 5.06. The Morgan fingerprint density at radius 3 is 2.67 bits per heavy atom. The highest BCUT2D eigenvalue weighted by molar-refractivity contribution is 7.92. The van der Waals surface area contributed by atoms with E-state index in [0.717, 1.165) is 24.1 Å². The van der Waals surface area contributed by atoms with E-state index in [4.69, 9.17) is 4.74 Å². The number of carbonyl (C=O) groups is 1. The van der Waals surface area contributed by atoms with Gasteiger partial charge in [-0.1, -0.05) is 6.07 Å². The number of carbonyl (C=O) groups excluding carboxylic acids is 1. The van der Waals surface area contributed by atoms with Crippen molar-refractivity contribution in [3.05, 3.63) is 48.0 Å². The molecule has 1 amide bonds. The van der Waals surface area contributed by atoms with Crippen LogP contribution in [0.1, 0.15) is 25.3 Å². The SMILES string of the molecule is COc1cccc(NS(=O)(=O)c2ccc3c(c2)CC(C)N3C(=O)C2CC2)c1. The molecule has 0 radical (unpaired) electrons. The Labute approximate surface area is 159 Å². The average Bonchev–Trinajstić information content (AvgIpc) is 3.43. The third-order valence-corrected chi connectivity index (χ3v) is 6.44. The van der Waals surface area contributed by atoms with Crippen molar-refractivity contribution in [1.82, 2.24) is 0 Å². The molecule has 0 spiro atoms. The van der Waals surface area contributed by atoms with Crippen LogP contribution in [0.5, 0.6) is 5.75 Å². The summed E-state index contributed by atoms with van der Waals surface area (Å²) >= 11 is 0. The second kappa shape index (κ2) is 6.56. The van der Waals surface area contributed by atoms with Crippen LogP contribution in [0.2, 0.25) is 0 Å². The molecule has 0 bridgehead atoms. The minimum Gasteiger partial charge on any atom is -0.497 e. The summed E-state index contributed by atoms with van der Waals surface area (Å²) in [7, 11) is -2.20. The van der Waals surface area contributed by atoms with Gasteiger partial charge in [0.05, 0.1) is 17.7 Å². The molecule has 0 aromatic heterocycles. The summed E-state index contributed by atoms with van der Waals surface area (Å²) in [6.07, 6.45) is 2.57. The molecular weight excluding hydrogens is 364 g/mol. The number of hydrogen-bond acceptors (Lipinski definition) is 4. The molecule has 4 rings (SSSR count). The zero-order valence-electron chi connectivity index (χ0n) is 15.3. The van der Waals surface area contributed by atoms with Crippen LogP contribution >= 0.6 is 0 Å². The van der Waals surface area contributed by atoms with Crippen molar-refractivity contribution in [2.45, 2.75) is 37.1 Å². The molecule has 2 aromatic carbocycles. The first-order valence-electron chi connectivity index (χ1n) is 9.02. The maximum Gasteiger partial charge on any atom is 0.261 e. The van der Waals surface area contributed by atoms with Crippen LogP contribution in [0.4, 0.5) is 11.4 Å². The van der Waals surface area contributed by atoms with Crippen LogP contribution in [0.3, 0.4) is 0 Å². The van der Waals surface area contributed by atoms with E-state index in [-0.39, 0.29) is 22.8 Å². The van der Waals surface area contributed by atoms with E-state index < -0.39 is 10.0 Å². The molecule has 0 saturated heterocycles. The summed E-state index contributed by atoms with van der Waals surface area (Å²) in [6, 6.07) is 11.8. The Hall–Kier alpha value is -2.54. The van der Waals surface area contributed by atoms with Gasteiger partial charge in [-0.25, -0.2) is 8.42 Å². The van der Waals surface area contributed by atoms with E-state index in [0.29, 0.717) is 17.9 Å². The Morgan fingerprint density at radius 1 is 1.19 bits per heavy atom. The molecular formula is C20H22N2O4S. The number of anilines is 2. The summed E-state index contributed by atoms with van der Waals surface area (Å²) in [5.74, 6) is 0.870. The molecule has 6 nitrogen and oxygen atoms in total. The van der Waals surface area contributed by atoms with Gasteiger partial charge in [0.2, 0.25) is 5.91 Å². The number of nitrogens with zero attached hydrogens (tertiary/aromatic N) is 1. The normalized spacial score (nSPS) is 18.9. The molecule has 1 heterocycles. The molecule has 1 unspecified atom stereocenters. The number of hydrogen-bond donors (Lipinski definition) is 1. The van der Waals surface area contributed by atoms with Crippen molar-refractivity contribution in [2.24, 2.45) is 5.92 Å². The second-order valence-corrected chi connectivity index (χ2v) is 8.85. The highest BCUT2D eigenvalue weighted by Crippen LogP contribution is 2.39. The number of sulfonamides is 1. The number of amides is 1. The van der Waals surface area contributed by atoms with Gasteiger partial charge in [-0.15, -0.1) is 0 Å². The monoisotopic (exact) mass is 386 g/mol. The lowest BCUT2D eigenvalue weighted by Crippen LogP contribution is -2.36. The average molecular weight is 386 g/mol. The smallest absolute Gasteiger partial charge is 0.261 e. The quantitative estimate of drug-likeness (QED) is 0.856. The fraction of sp³-hybridized carbons (Fsp3) is 0.350. The Morgan fingerprint density at radius 2 is 1.96 bits per heavy atom. The molecule has 1 atom stereocenters. The summed E-state index contributed by atoms with van der Waals surface area (Å²) in [6.45, 7) is 2.00. The fourth-order valence-electron chi connectivity index (χ4n) is 3.54. The van der Waals surface area contributed by atoms with Crippen molar-refractivity contribution >= 4 is 27.3 Å². The maximum atomic E-state index is 12.8. The van der Waals surface area contributed by atoms with Crippen molar-refractivity contribution < 1.29 is 17.9 Å². The zero-order valence-corrected chi connectivity index (χ0v) is 16.1. The topological polar surface area (TPSA) is 75.7 Å². The number of fused-ring (bicyclic) bond motifs is 1. The van der Waals surface area contributed by atoms with Gasteiger partial charge in [-0.2, -0.15) is 0 Å². The van der Waals surface area contributed by atoms with Gasteiger partial charge in [0.15, 0.2) is 0 Å². The Kier molecular flexibility index (Phi) is 4.34. The van der Waals surface area contributed by atoms with Crippen LogP contribution in [-0.4, -0.2) is 27.5 Å².